The van der Waals surface area contributed by atoms with E-state index < -0.39 is 38.3 Å². The van der Waals surface area contributed by atoms with E-state index >= 15 is 0 Å². The molecule has 0 unspecified atom stereocenters. The number of carboxylic acid groups (broad SMARTS) is 1. The monoisotopic (exact) mass is 322 g/mol. The van der Waals surface area contributed by atoms with Crippen LogP contribution in [0.2, 0.25) is 0 Å². The molecule has 0 aromatic heterocycles. The predicted octanol–water partition coefficient (Wildman–Crippen LogP) is -0.740. The minimum atomic E-state index is -4.00. The second-order valence-electron chi connectivity index (χ2n) is 4.05. The maximum absolute atomic E-state index is 12.0. The van der Waals surface area contributed by atoms with Gasteiger partial charge in [0.1, 0.15) is 0 Å². The van der Waals surface area contributed by atoms with Crippen LogP contribution in [0.15, 0.2) is 23.1 Å². The Hall–Kier alpha value is -1.49. The molecule has 0 aliphatic heterocycles. The number of benzene rings is 1. The van der Waals surface area contributed by atoms with Crippen molar-refractivity contribution in [3.05, 3.63) is 29.3 Å². The summed E-state index contributed by atoms with van der Waals surface area (Å²) in [4.78, 5) is 10.6. The Kier molecular flexibility index (Phi) is 4.86. The van der Waals surface area contributed by atoms with Crippen LogP contribution in [0.1, 0.15) is 15.9 Å². The second-order valence-corrected chi connectivity index (χ2v) is 7.52. The molecule has 0 aliphatic rings. The smallest absolute Gasteiger partial charge is 0.335 e. The molecular weight excluding hydrogens is 308 g/mol. The molecular formula is C10H14N2O6S2. The second kappa shape index (κ2) is 5.87. The predicted molar refractivity (Wildman–Crippen MR) is 71.3 cm³/mol. The molecule has 0 radical (unpaired) electrons. The topological polar surface area (TPSA) is 144 Å². The zero-order chi connectivity index (χ0) is 15.6. The molecule has 0 heterocycles. The first-order valence-electron chi connectivity index (χ1n) is 5.37. The number of hydrogen-bond acceptors (Lipinski definition) is 5. The van der Waals surface area contributed by atoms with Gasteiger partial charge in [0.25, 0.3) is 0 Å². The summed E-state index contributed by atoms with van der Waals surface area (Å²) >= 11 is 0. The molecule has 0 aliphatic carbocycles. The fourth-order valence-corrected chi connectivity index (χ4v) is 3.23. The van der Waals surface area contributed by atoms with Crippen LogP contribution in [-0.4, -0.2) is 40.2 Å². The number of carboxylic acids is 1. The molecule has 10 heteroatoms. The van der Waals surface area contributed by atoms with E-state index in [0.29, 0.717) is 5.56 Å². The number of hydrogen-bond donors (Lipinski definition) is 3. The fraction of sp³-hybridized carbons (Fsp3) is 0.300. The van der Waals surface area contributed by atoms with Crippen LogP contribution in [0.4, 0.5) is 0 Å². The van der Waals surface area contributed by atoms with Gasteiger partial charge in [0.2, 0.25) is 20.0 Å². The zero-order valence-electron chi connectivity index (χ0n) is 10.5. The van der Waals surface area contributed by atoms with Gasteiger partial charge in [0, 0.05) is 6.54 Å². The summed E-state index contributed by atoms with van der Waals surface area (Å²) in [5, 5.41) is 13.6. The van der Waals surface area contributed by atoms with E-state index in [1.54, 1.807) is 0 Å². The first kappa shape index (κ1) is 16.6. The molecule has 20 heavy (non-hydrogen) atoms. The number of rotatable bonds is 6. The number of aromatic carboxylic acids is 1. The Morgan fingerprint density at radius 2 is 1.90 bits per heavy atom. The highest BCUT2D eigenvalue weighted by Gasteiger charge is 2.19. The SMILES string of the molecule is Cc1ccc(C(=O)O)cc1S(=O)(=O)NCCS(N)(=O)=O. The van der Waals surface area contributed by atoms with Crippen molar-refractivity contribution in [2.24, 2.45) is 5.14 Å². The van der Waals surface area contributed by atoms with Crippen molar-refractivity contribution in [3.63, 3.8) is 0 Å². The number of aryl methyl sites for hydroxylation is 1. The highest BCUT2D eigenvalue weighted by atomic mass is 32.2. The number of sulfonamides is 2. The number of carbonyl (C=O) groups is 1. The van der Waals surface area contributed by atoms with Gasteiger partial charge in [-0.1, -0.05) is 6.07 Å². The van der Waals surface area contributed by atoms with E-state index in [1.165, 1.54) is 19.1 Å². The molecule has 112 valence electrons. The van der Waals surface area contributed by atoms with Gasteiger partial charge in [-0.2, -0.15) is 0 Å². The minimum absolute atomic E-state index is 0.178. The maximum atomic E-state index is 12.0. The van der Waals surface area contributed by atoms with Crippen molar-refractivity contribution in [1.29, 1.82) is 0 Å². The van der Waals surface area contributed by atoms with Gasteiger partial charge in [-0.25, -0.2) is 31.5 Å². The van der Waals surface area contributed by atoms with Crippen LogP contribution >= 0.6 is 0 Å². The third kappa shape index (κ3) is 4.56. The van der Waals surface area contributed by atoms with Crippen LogP contribution in [0.5, 0.6) is 0 Å². The largest absolute Gasteiger partial charge is 0.478 e. The first-order chi connectivity index (χ1) is 9.03. The summed E-state index contributed by atoms with van der Waals surface area (Å²) in [6.07, 6.45) is 0. The molecule has 0 spiro atoms. The number of primary sulfonamides is 1. The van der Waals surface area contributed by atoms with Crippen molar-refractivity contribution in [2.45, 2.75) is 11.8 Å². The lowest BCUT2D eigenvalue weighted by molar-refractivity contribution is 0.0696. The Morgan fingerprint density at radius 1 is 1.30 bits per heavy atom. The third-order valence-corrected chi connectivity index (χ3v) is 4.78. The molecule has 0 saturated heterocycles. The van der Waals surface area contributed by atoms with Crippen molar-refractivity contribution in [1.82, 2.24) is 4.72 Å². The van der Waals surface area contributed by atoms with E-state index in [2.05, 4.69) is 4.72 Å². The van der Waals surface area contributed by atoms with E-state index in [0.717, 1.165) is 6.07 Å². The lowest BCUT2D eigenvalue weighted by atomic mass is 10.1. The van der Waals surface area contributed by atoms with E-state index in [1.807, 2.05) is 0 Å². The Labute approximate surface area is 116 Å². The average Bonchev–Trinajstić information content (AvgIpc) is 2.26. The average molecular weight is 322 g/mol. The van der Waals surface area contributed by atoms with Gasteiger partial charge >= 0.3 is 5.97 Å². The highest BCUT2D eigenvalue weighted by molar-refractivity contribution is 7.90. The Balaban J connectivity index is 3.03. The molecule has 4 N–H and O–H groups in total. The lowest BCUT2D eigenvalue weighted by Gasteiger charge is -2.09. The molecule has 0 amide bonds. The van der Waals surface area contributed by atoms with Crippen LogP contribution in [0.3, 0.4) is 0 Å². The summed E-state index contributed by atoms with van der Waals surface area (Å²) in [6.45, 7) is 1.11. The van der Waals surface area contributed by atoms with Crippen LogP contribution < -0.4 is 9.86 Å². The minimum Gasteiger partial charge on any atom is -0.478 e. The molecule has 0 saturated carbocycles. The zero-order valence-corrected chi connectivity index (χ0v) is 12.2. The lowest BCUT2D eigenvalue weighted by Crippen LogP contribution is -2.32. The first-order valence-corrected chi connectivity index (χ1v) is 8.57. The van der Waals surface area contributed by atoms with E-state index in [-0.39, 0.29) is 10.5 Å². The fourth-order valence-electron chi connectivity index (χ4n) is 1.42. The van der Waals surface area contributed by atoms with Crippen molar-refractivity contribution >= 4 is 26.0 Å². The van der Waals surface area contributed by atoms with Crippen LogP contribution in [0.25, 0.3) is 0 Å². The normalized spacial score (nSPS) is 12.3. The highest BCUT2D eigenvalue weighted by Crippen LogP contribution is 2.17. The van der Waals surface area contributed by atoms with Crippen molar-refractivity contribution < 1.29 is 26.7 Å². The van der Waals surface area contributed by atoms with Gasteiger partial charge in [0.15, 0.2) is 0 Å². The molecule has 0 fully saturated rings. The third-order valence-electron chi connectivity index (χ3n) is 2.40. The van der Waals surface area contributed by atoms with Crippen molar-refractivity contribution in [3.8, 4) is 0 Å². The molecule has 8 nitrogen and oxygen atoms in total. The van der Waals surface area contributed by atoms with Gasteiger partial charge in [-0.05, 0) is 24.6 Å². The van der Waals surface area contributed by atoms with Crippen molar-refractivity contribution in [2.75, 3.05) is 12.3 Å². The summed E-state index contributed by atoms with van der Waals surface area (Å²) in [7, 11) is -7.78. The summed E-state index contributed by atoms with van der Waals surface area (Å²) in [6, 6.07) is 3.65. The molecule has 0 bridgehead atoms. The van der Waals surface area contributed by atoms with Gasteiger partial charge in [-0.3, -0.25) is 0 Å². The summed E-state index contributed by atoms with van der Waals surface area (Å²) in [5.41, 5.74) is 0.167. The van der Waals surface area contributed by atoms with Gasteiger partial charge in [0.05, 0.1) is 16.2 Å². The van der Waals surface area contributed by atoms with Crippen LogP contribution in [0, 0.1) is 6.92 Å². The molecule has 0 atom stereocenters. The standard InChI is InChI=1S/C10H14N2O6S2/c1-7-2-3-8(10(13)14)6-9(7)20(17,18)12-4-5-19(11,15)16/h2-3,6,12H,4-5H2,1H3,(H,13,14)(H2,11,15,16). The Bertz CT molecular complexity index is 724. The van der Waals surface area contributed by atoms with E-state index in [9.17, 15) is 21.6 Å². The quantitative estimate of drug-likeness (QED) is 0.629. The number of nitrogens with one attached hydrogen (secondary N) is 1. The summed E-state index contributed by atoms with van der Waals surface area (Å²) in [5.74, 6) is -1.81. The molecule has 1 aromatic rings. The molecule has 1 rings (SSSR count). The van der Waals surface area contributed by atoms with Crippen LogP contribution in [-0.2, 0) is 20.0 Å². The van der Waals surface area contributed by atoms with Gasteiger partial charge in [-0.15, -0.1) is 0 Å². The molecule has 1 aromatic carbocycles. The maximum Gasteiger partial charge on any atom is 0.335 e. The number of nitrogens with two attached hydrogens (primary N) is 1. The van der Waals surface area contributed by atoms with E-state index in [4.69, 9.17) is 10.2 Å². The summed E-state index contributed by atoms with van der Waals surface area (Å²) < 4.78 is 47.5. The Morgan fingerprint density at radius 3 is 2.40 bits per heavy atom. The van der Waals surface area contributed by atoms with Gasteiger partial charge < -0.3 is 5.11 Å².